The number of nitrogens with one attached hydrogen (secondary N) is 1. The van der Waals surface area contributed by atoms with Crippen LogP contribution in [0.1, 0.15) is 33.5 Å². The molecule has 0 fully saturated rings. The molecule has 6 nitrogen and oxygen atoms in total. The molecule has 3 heterocycles. The highest BCUT2D eigenvalue weighted by Gasteiger charge is 2.35. The van der Waals surface area contributed by atoms with Gasteiger partial charge in [0.05, 0.1) is 15.1 Å². The van der Waals surface area contributed by atoms with Crippen LogP contribution in [0.5, 0.6) is 0 Å². The first-order chi connectivity index (χ1) is 13.3. The molecule has 0 radical (unpaired) electrons. The van der Waals surface area contributed by atoms with Crippen LogP contribution in [0.25, 0.3) is 21.6 Å². The summed E-state index contributed by atoms with van der Waals surface area (Å²) in [5.41, 5.74) is 0.485. The smallest absolute Gasteiger partial charge is 0.340 e. The third-order valence-electron chi connectivity index (χ3n) is 3.81. The molecule has 0 aliphatic carbocycles. The van der Waals surface area contributed by atoms with E-state index in [0.29, 0.717) is 26.5 Å². The monoisotopic (exact) mass is 424 g/mol. The van der Waals surface area contributed by atoms with Crippen LogP contribution in [0.15, 0.2) is 40.2 Å². The van der Waals surface area contributed by atoms with Crippen molar-refractivity contribution in [2.75, 3.05) is 0 Å². The normalized spacial score (nSPS) is 13.0. The van der Waals surface area contributed by atoms with Crippen molar-refractivity contribution in [2.45, 2.75) is 19.1 Å². The number of rotatable bonds is 4. The lowest BCUT2D eigenvalue weighted by Gasteiger charge is -2.07. The molecule has 28 heavy (non-hydrogen) atoms. The van der Waals surface area contributed by atoms with Gasteiger partial charge in [-0.15, -0.1) is 22.7 Å². The number of aromatic nitrogens is 3. The van der Waals surface area contributed by atoms with Gasteiger partial charge in [0.1, 0.15) is 6.04 Å². The average Bonchev–Trinajstić information content (AvgIpc) is 3.39. The van der Waals surface area contributed by atoms with Gasteiger partial charge < -0.3 is 9.84 Å². The van der Waals surface area contributed by atoms with Crippen molar-refractivity contribution in [2.24, 2.45) is 0 Å². The zero-order chi connectivity index (χ0) is 19.9. The van der Waals surface area contributed by atoms with Crippen LogP contribution in [0.2, 0.25) is 0 Å². The van der Waals surface area contributed by atoms with Crippen LogP contribution in [-0.4, -0.2) is 21.0 Å². The van der Waals surface area contributed by atoms with Crippen molar-refractivity contribution in [3.63, 3.8) is 0 Å². The largest absolute Gasteiger partial charge is 0.443 e. The van der Waals surface area contributed by atoms with Crippen LogP contribution >= 0.6 is 22.7 Å². The topological polar surface area (TPSA) is 80.9 Å². The Balaban J connectivity index is 1.62. The molecule has 4 rings (SSSR count). The number of carbonyl (C=O) groups is 1. The summed E-state index contributed by atoms with van der Waals surface area (Å²) in [6.07, 6.45) is -4.52. The van der Waals surface area contributed by atoms with Gasteiger partial charge in [-0.05, 0) is 30.5 Å². The number of halogens is 3. The summed E-state index contributed by atoms with van der Waals surface area (Å²) >= 11 is 1.85. The fourth-order valence-electron chi connectivity index (χ4n) is 2.51. The van der Waals surface area contributed by atoms with Crippen LogP contribution in [0.3, 0.4) is 0 Å². The molecule has 1 unspecified atom stereocenters. The quantitative estimate of drug-likeness (QED) is 0.503. The Kier molecular flexibility index (Phi) is 4.63. The summed E-state index contributed by atoms with van der Waals surface area (Å²) in [5, 5.41) is 7.44. The average molecular weight is 424 g/mol. The van der Waals surface area contributed by atoms with Crippen molar-refractivity contribution in [3.05, 3.63) is 51.5 Å². The lowest BCUT2D eigenvalue weighted by atomic mass is 10.2. The lowest BCUT2D eigenvalue weighted by Crippen LogP contribution is -2.26. The molecular weight excluding hydrogens is 413 g/mol. The second-order valence-corrected chi connectivity index (χ2v) is 7.78. The summed E-state index contributed by atoms with van der Waals surface area (Å²) in [4.78, 5) is 20.6. The molecule has 0 aliphatic rings. The molecule has 4 aromatic rings. The van der Waals surface area contributed by atoms with Crippen molar-refractivity contribution >= 4 is 38.8 Å². The highest BCUT2D eigenvalue weighted by atomic mass is 32.1. The van der Waals surface area contributed by atoms with Crippen LogP contribution in [-0.2, 0) is 6.18 Å². The van der Waals surface area contributed by atoms with E-state index in [1.807, 2.05) is 0 Å². The van der Waals surface area contributed by atoms with Gasteiger partial charge in [-0.2, -0.15) is 18.2 Å². The van der Waals surface area contributed by atoms with Gasteiger partial charge in [0.15, 0.2) is 5.01 Å². The summed E-state index contributed by atoms with van der Waals surface area (Å²) < 4.78 is 44.5. The molecule has 1 N–H and O–H groups in total. The number of thiazole rings is 1. The van der Waals surface area contributed by atoms with Gasteiger partial charge in [0.25, 0.3) is 5.91 Å². The number of hydrogen-bond donors (Lipinski definition) is 1. The first kappa shape index (κ1) is 18.6. The predicted molar refractivity (Wildman–Crippen MR) is 98.1 cm³/mol. The van der Waals surface area contributed by atoms with Gasteiger partial charge in [-0.1, -0.05) is 17.3 Å². The van der Waals surface area contributed by atoms with Crippen molar-refractivity contribution in [1.82, 2.24) is 20.4 Å². The van der Waals surface area contributed by atoms with Gasteiger partial charge in [0.2, 0.25) is 11.7 Å². The zero-order valence-electron chi connectivity index (χ0n) is 14.1. The van der Waals surface area contributed by atoms with E-state index in [1.54, 1.807) is 42.6 Å². The molecule has 0 saturated heterocycles. The maximum atomic E-state index is 13.0. The minimum atomic E-state index is -4.52. The first-order valence-corrected chi connectivity index (χ1v) is 9.67. The fourth-order valence-corrected chi connectivity index (χ4v) is 3.99. The summed E-state index contributed by atoms with van der Waals surface area (Å²) in [6, 6.07) is 7.61. The molecule has 0 aliphatic heterocycles. The van der Waals surface area contributed by atoms with Crippen molar-refractivity contribution in [3.8, 4) is 11.4 Å². The summed E-state index contributed by atoms with van der Waals surface area (Å²) in [5.74, 6) is -0.0290. The van der Waals surface area contributed by atoms with E-state index >= 15 is 0 Å². The van der Waals surface area contributed by atoms with E-state index in [-0.39, 0.29) is 23.1 Å². The SMILES string of the molecule is CC(NC(=O)c1cccs1)c1nc(-c2cccc3sc(C(F)(F)F)nc23)no1. The Morgan fingerprint density at radius 1 is 1.21 bits per heavy atom. The lowest BCUT2D eigenvalue weighted by molar-refractivity contribution is -0.137. The minimum absolute atomic E-state index is 0.108. The molecule has 3 aromatic heterocycles. The molecular formula is C17H11F3N4O2S2. The van der Waals surface area contributed by atoms with E-state index in [2.05, 4.69) is 20.4 Å². The highest BCUT2D eigenvalue weighted by Crippen LogP contribution is 2.38. The maximum Gasteiger partial charge on any atom is 0.443 e. The van der Waals surface area contributed by atoms with Gasteiger partial charge in [0, 0.05) is 5.56 Å². The number of fused-ring (bicyclic) bond motifs is 1. The van der Waals surface area contributed by atoms with E-state index in [4.69, 9.17) is 4.52 Å². The molecule has 11 heteroatoms. The van der Waals surface area contributed by atoms with E-state index in [1.165, 1.54) is 11.3 Å². The Bertz CT molecular complexity index is 1140. The zero-order valence-corrected chi connectivity index (χ0v) is 15.8. The summed E-state index contributed by atoms with van der Waals surface area (Å²) in [6.45, 7) is 1.67. The second-order valence-electron chi connectivity index (χ2n) is 5.80. The molecule has 0 bridgehead atoms. The number of thiophene rings is 1. The standard InChI is InChI=1S/C17H11F3N4O2S2/c1-8(21-14(25)11-6-3-7-27-11)15-23-13(24-26-15)9-4-2-5-10-12(9)22-16(28-10)17(18,19)20/h2-8H,1H3,(H,21,25). The number of hydrogen-bond acceptors (Lipinski definition) is 7. The van der Waals surface area contributed by atoms with Crippen molar-refractivity contribution < 1.29 is 22.5 Å². The number of amides is 1. The third kappa shape index (κ3) is 3.50. The maximum absolute atomic E-state index is 13.0. The number of carbonyl (C=O) groups excluding carboxylic acids is 1. The molecule has 0 saturated carbocycles. The van der Waals surface area contributed by atoms with E-state index < -0.39 is 17.2 Å². The number of para-hydroxylation sites is 1. The molecule has 0 spiro atoms. The Morgan fingerprint density at radius 3 is 2.75 bits per heavy atom. The van der Waals surface area contributed by atoms with Gasteiger partial charge in [-0.3, -0.25) is 4.79 Å². The van der Waals surface area contributed by atoms with E-state index in [9.17, 15) is 18.0 Å². The molecule has 144 valence electrons. The first-order valence-electron chi connectivity index (χ1n) is 7.98. The second kappa shape index (κ2) is 6.99. The molecule has 1 aromatic carbocycles. The van der Waals surface area contributed by atoms with Gasteiger partial charge in [-0.25, -0.2) is 4.98 Å². The molecule has 1 atom stereocenters. The highest BCUT2D eigenvalue weighted by molar-refractivity contribution is 7.18. The predicted octanol–water partition coefficient (Wildman–Crippen LogP) is 4.92. The fraction of sp³-hybridized carbons (Fsp3) is 0.176. The molecule has 1 amide bonds. The minimum Gasteiger partial charge on any atom is -0.340 e. The Hall–Kier alpha value is -2.79. The van der Waals surface area contributed by atoms with Gasteiger partial charge >= 0.3 is 6.18 Å². The Morgan fingerprint density at radius 2 is 2.04 bits per heavy atom. The van der Waals surface area contributed by atoms with Crippen molar-refractivity contribution in [1.29, 1.82) is 0 Å². The number of alkyl halides is 3. The van der Waals surface area contributed by atoms with Crippen LogP contribution in [0, 0.1) is 0 Å². The third-order valence-corrected chi connectivity index (χ3v) is 5.74. The van der Waals surface area contributed by atoms with Crippen LogP contribution in [0.4, 0.5) is 13.2 Å². The van der Waals surface area contributed by atoms with Crippen LogP contribution < -0.4 is 5.32 Å². The number of benzene rings is 1. The van der Waals surface area contributed by atoms with E-state index in [0.717, 1.165) is 0 Å². The Labute approximate surface area is 164 Å². The summed E-state index contributed by atoms with van der Waals surface area (Å²) in [7, 11) is 0. The number of nitrogens with zero attached hydrogens (tertiary/aromatic N) is 3.